The van der Waals surface area contributed by atoms with Gasteiger partial charge in [-0.05, 0) is 63.0 Å². The fourth-order valence-electron chi connectivity index (χ4n) is 5.54. The highest BCUT2D eigenvalue weighted by Crippen LogP contribution is 2.45. The topological polar surface area (TPSA) is 158 Å². The molecular weight excluding hydrogens is 544 g/mol. The number of carbonyl (C=O) groups excluding carboxylic acids is 3. The van der Waals surface area contributed by atoms with Gasteiger partial charge in [0.2, 0.25) is 0 Å². The molecule has 1 aromatic heterocycles. The molecule has 0 aromatic carbocycles. The van der Waals surface area contributed by atoms with Crippen molar-refractivity contribution in [2.45, 2.75) is 97.6 Å². The molecule has 2 aliphatic rings. The molecule has 7 unspecified atom stereocenters. The predicted octanol–water partition coefficient (Wildman–Crippen LogP) is 4.00. The number of rotatable bonds is 15. The second-order valence-electron chi connectivity index (χ2n) is 11.3. The summed E-state index contributed by atoms with van der Waals surface area (Å²) in [5, 5.41) is 29.2. The maximum atomic E-state index is 13.2. The molecule has 1 fully saturated rings. The van der Waals surface area contributed by atoms with Crippen molar-refractivity contribution in [3.8, 4) is 0 Å². The van der Waals surface area contributed by atoms with Crippen molar-refractivity contribution >= 4 is 23.4 Å². The van der Waals surface area contributed by atoms with Gasteiger partial charge in [-0.1, -0.05) is 43.7 Å². The first kappa shape index (κ1) is 33.2. The third-order valence-electron chi connectivity index (χ3n) is 8.09. The van der Waals surface area contributed by atoms with Gasteiger partial charge in [0.15, 0.2) is 18.2 Å². The van der Waals surface area contributed by atoms with E-state index in [1.54, 1.807) is 19.1 Å². The van der Waals surface area contributed by atoms with E-state index < -0.39 is 24.3 Å². The van der Waals surface area contributed by atoms with E-state index in [2.05, 4.69) is 16.9 Å². The third-order valence-corrected chi connectivity index (χ3v) is 8.09. The van der Waals surface area contributed by atoms with Crippen molar-refractivity contribution in [2.75, 3.05) is 6.61 Å². The highest BCUT2D eigenvalue weighted by atomic mass is 16.6. The van der Waals surface area contributed by atoms with Crippen molar-refractivity contribution in [3.63, 3.8) is 0 Å². The molecular formula is C31H44N2O9. The van der Waals surface area contributed by atoms with Crippen molar-refractivity contribution in [3.05, 3.63) is 41.8 Å². The zero-order valence-corrected chi connectivity index (χ0v) is 25.0. The van der Waals surface area contributed by atoms with Crippen molar-refractivity contribution in [2.24, 2.45) is 28.8 Å². The van der Waals surface area contributed by atoms with E-state index in [0.717, 1.165) is 5.69 Å². The molecule has 2 aliphatic carbocycles. The minimum absolute atomic E-state index is 0.0142. The molecule has 0 saturated heterocycles. The Morgan fingerprint density at radius 2 is 2.07 bits per heavy atom. The second kappa shape index (κ2) is 15.8. The number of nitrogens with zero attached hydrogens (tertiary/aromatic N) is 2. The lowest BCUT2D eigenvalue weighted by atomic mass is 9.63. The van der Waals surface area contributed by atoms with Crippen molar-refractivity contribution < 1.29 is 43.4 Å². The predicted molar refractivity (Wildman–Crippen MR) is 153 cm³/mol. The Balaban J connectivity index is 1.76. The number of aryl methyl sites for hydroxylation is 1. The van der Waals surface area contributed by atoms with Crippen LogP contribution < -0.4 is 0 Å². The lowest BCUT2D eigenvalue weighted by molar-refractivity contribution is -0.158. The van der Waals surface area contributed by atoms with Crippen LogP contribution in [0.3, 0.4) is 0 Å². The van der Waals surface area contributed by atoms with Crippen LogP contribution in [0.25, 0.3) is 0 Å². The Labute approximate surface area is 246 Å². The number of ether oxygens (including phenoxy) is 2. The molecule has 1 aromatic rings. The van der Waals surface area contributed by atoms with E-state index in [1.165, 1.54) is 6.08 Å². The van der Waals surface area contributed by atoms with Gasteiger partial charge in [-0.15, -0.1) is 0 Å². The van der Waals surface area contributed by atoms with Gasteiger partial charge in [0, 0.05) is 17.9 Å². The first-order chi connectivity index (χ1) is 20.0. The molecule has 0 spiro atoms. The molecule has 1 saturated carbocycles. The monoisotopic (exact) mass is 588 g/mol. The van der Waals surface area contributed by atoms with Crippen molar-refractivity contribution in [1.29, 1.82) is 0 Å². The Morgan fingerprint density at radius 1 is 1.31 bits per heavy atom. The number of aliphatic hydroxyl groups is 2. The molecule has 0 bridgehead atoms. The Hall–Kier alpha value is -3.31. The minimum Gasteiger partial charge on any atom is -0.461 e. The Kier molecular flexibility index (Phi) is 12.5. The summed E-state index contributed by atoms with van der Waals surface area (Å²) in [5.41, 5.74) is 2.03. The zero-order chi connectivity index (χ0) is 30.8. The van der Waals surface area contributed by atoms with Gasteiger partial charge in [-0.25, -0.2) is 0 Å². The maximum Gasteiger partial charge on any atom is 0.308 e. The normalized spacial score (nSPS) is 25.1. The fraction of sp³-hybridized carbons (Fsp3) is 0.645. The first-order valence-electron chi connectivity index (χ1n) is 14.7. The summed E-state index contributed by atoms with van der Waals surface area (Å²) in [6.07, 6.45) is 2.68. The summed E-state index contributed by atoms with van der Waals surface area (Å²) in [6, 6.07) is 1.75. The molecule has 7 atom stereocenters. The van der Waals surface area contributed by atoms with Crippen molar-refractivity contribution in [1.82, 2.24) is 5.16 Å². The van der Waals surface area contributed by atoms with E-state index in [1.807, 2.05) is 20.8 Å². The molecule has 2 N–H and O–H groups in total. The molecule has 42 heavy (non-hydrogen) atoms. The average Bonchev–Trinajstić information content (AvgIpc) is 3.37. The molecule has 0 aliphatic heterocycles. The Bertz CT molecular complexity index is 1160. The number of aromatic nitrogens is 1. The lowest BCUT2D eigenvalue weighted by Crippen LogP contribution is -2.46. The minimum atomic E-state index is -1.07. The summed E-state index contributed by atoms with van der Waals surface area (Å²) in [4.78, 5) is 43.3. The summed E-state index contributed by atoms with van der Waals surface area (Å²) >= 11 is 0. The Morgan fingerprint density at radius 3 is 2.74 bits per heavy atom. The third kappa shape index (κ3) is 9.09. The summed E-state index contributed by atoms with van der Waals surface area (Å²) in [7, 11) is 0. The zero-order valence-electron chi connectivity index (χ0n) is 25.0. The highest BCUT2D eigenvalue weighted by Gasteiger charge is 2.46. The van der Waals surface area contributed by atoms with Gasteiger partial charge >= 0.3 is 11.9 Å². The van der Waals surface area contributed by atoms with Gasteiger partial charge in [0.25, 0.3) is 0 Å². The number of aliphatic hydroxyl groups excluding tert-OH is 2. The van der Waals surface area contributed by atoms with Crippen LogP contribution in [0.4, 0.5) is 0 Å². The number of carbonyl (C=O) groups is 3. The number of allylic oxidation sites excluding steroid dienone is 1. The van der Waals surface area contributed by atoms with E-state index in [4.69, 9.17) is 18.8 Å². The fourth-order valence-corrected chi connectivity index (χ4v) is 5.54. The van der Waals surface area contributed by atoms with Gasteiger partial charge in [-0.3, -0.25) is 14.4 Å². The van der Waals surface area contributed by atoms with Crippen LogP contribution in [0.2, 0.25) is 0 Å². The maximum absolute atomic E-state index is 13.2. The quantitative estimate of drug-likeness (QED) is 0.174. The molecule has 0 amide bonds. The van der Waals surface area contributed by atoms with Crippen LogP contribution in [0.5, 0.6) is 0 Å². The molecule has 232 valence electrons. The smallest absolute Gasteiger partial charge is 0.308 e. The van der Waals surface area contributed by atoms with E-state index in [-0.39, 0.29) is 67.9 Å². The number of hydrogen-bond donors (Lipinski definition) is 2. The van der Waals surface area contributed by atoms with Crippen LogP contribution >= 0.6 is 0 Å². The highest BCUT2D eigenvalue weighted by molar-refractivity contribution is 6.08. The van der Waals surface area contributed by atoms with Crippen LogP contribution in [0, 0.1) is 30.6 Å². The van der Waals surface area contributed by atoms with Gasteiger partial charge in [0.05, 0.1) is 36.0 Å². The van der Waals surface area contributed by atoms with Gasteiger partial charge in [0.1, 0.15) is 12.7 Å². The van der Waals surface area contributed by atoms with E-state index in [9.17, 15) is 24.6 Å². The molecule has 3 rings (SSSR count). The second-order valence-corrected chi connectivity index (χ2v) is 11.3. The van der Waals surface area contributed by atoms with Gasteiger partial charge < -0.3 is 29.0 Å². The molecule has 1 heterocycles. The van der Waals surface area contributed by atoms with Crippen LogP contribution in [0.15, 0.2) is 40.0 Å². The summed E-state index contributed by atoms with van der Waals surface area (Å²) in [6.45, 7) is 11.0. The summed E-state index contributed by atoms with van der Waals surface area (Å²) < 4.78 is 16.1. The van der Waals surface area contributed by atoms with E-state index in [0.29, 0.717) is 42.7 Å². The molecule has 11 nitrogen and oxygen atoms in total. The van der Waals surface area contributed by atoms with Crippen LogP contribution in [-0.4, -0.2) is 63.7 Å². The number of hydrogen-bond acceptors (Lipinski definition) is 11. The summed E-state index contributed by atoms with van der Waals surface area (Å²) in [5.74, 6) is -1.62. The SMILES string of the molecule is C=CCOC(=O)CC(O)CC(O)CCC1C(C)C(=O)C=C2C(=NOCc3cc(C)no3)CCC(OC(=O)C(C)CC)C21. The standard InChI is InChI=1S/C31H44N2O9/c1-6-12-39-29(37)15-22(35)14-21(34)8-9-24-20(5)27(36)16-25-26(33-40-17-23-13-19(4)32-42-23)10-11-28(30(24)25)41-31(38)18(3)7-2/h6,13,16,18,20-22,24,28,30,34-35H,1,7-12,14-15,17H2,2-5H3. The number of esters is 2. The first-order valence-corrected chi connectivity index (χ1v) is 14.7. The number of fused-ring (bicyclic) bond motifs is 1. The molecule has 0 radical (unpaired) electrons. The lowest BCUT2D eigenvalue weighted by Gasteiger charge is -2.43. The number of oxime groups is 1. The average molecular weight is 589 g/mol. The van der Waals surface area contributed by atoms with E-state index >= 15 is 0 Å². The van der Waals surface area contributed by atoms with Gasteiger partial charge in [-0.2, -0.15) is 0 Å². The molecule has 11 heteroatoms. The largest absolute Gasteiger partial charge is 0.461 e. The van der Waals surface area contributed by atoms with Crippen LogP contribution in [0.1, 0.15) is 77.2 Å². The van der Waals surface area contributed by atoms with Crippen LogP contribution in [-0.2, 0) is 35.3 Å². The number of ketones is 1.